The summed E-state index contributed by atoms with van der Waals surface area (Å²) in [5.41, 5.74) is 5.00. The van der Waals surface area contributed by atoms with Gasteiger partial charge < -0.3 is 0 Å². The molecule has 0 amide bonds. The van der Waals surface area contributed by atoms with E-state index in [1.807, 2.05) is 0 Å². The smallest absolute Gasteiger partial charge is 0.0260 e. The minimum Gasteiger partial charge on any atom is -0.0622 e. The summed E-state index contributed by atoms with van der Waals surface area (Å²) in [6, 6.07) is 34.9. The molecule has 0 atom stereocenters. The third kappa shape index (κ3) is 2.64. The molecule has 0 nitrogen and oxygen atoms in total. The molecule has 0 bridgehead atoms. The van der Waals surface area contributed by atoms with Gasteiger partial charge in [0.1, 0.15) is 0 Å². The monoisotopic (exact) mass is 510 g/mol. The highest BCUT2D eigenvalue weighted by Crippen LogP contribution is 2.47. The van der Waals surface area contributed by atoms with Crippen molar-refractivity contribution in [2.75, 3.05) is 0 Å². The fourth-order valence-corrected chi connectivity index (χ4v) is 5.80. The average molecular weight is 512 g/mol. The van der Waals surface area contributed by atoms with Crippen LogP contribution in [0, 0.1) is 0 Å². The molecule has 0 saturated heterocycles. The number of benzene rings is 6. The van der Waals surface area contributed by atoms with Crippen LogP contribution in [0.3, 0.4) is 0 Å². The zero-order valence-corrected chi connectivity index (χ0v) is 19.2. The maximum absolute atomic E-state index is 3.87. The molecule has 2 heteroatoms. The molecular weight excluding hydrogens is 496 g/mol. The number of hydrogen-bond acceptors (Lipinski definition) is 0. The van der Waals surface area contributed by atoms with E-state index in [0.29, 0.717) is 0 Å². The summed E-state index contributed by atoms with van der Waals surface area (Å²) < 4.78 is 2.26. The third-order valence-corrected chi connectivity index (χ3v) is 7.24. The van der Waals surface area contributed by atoms with E-state index in [1.165, 1.54) is 54.6 Å². The Morgan fingerprint density at radius 2 is 1.07 bits per heavy atom. The Balaban J connectivity index is 1.90. The van der Waals surface area contributed by atoms with Crippen LogP contribution in [-0.4, -0.2) is 0 Å². The first kappa shape index (κ1) is 18.1. The molecule has 0 aliphatic rings. The summed E-state index contributed by atoms with van der Waals surface area (Å²) >= 11 is 7.70. The summed E-state index contributed by atoms with van der Waals surface area (Å²) in [5.74, 6) is 0. The third-order valence-electron chi connectivity index (χ3n) is 5.93. The van der Waals surface area contributed by atoms with E-state index >= 15 is 0 Å². The lowest BCUT2D eigenvalue weighted by Gasteiger charge is -2.20. The summed E-state index contributed by atoms with van der Waals surface area (Å²) in [5, 5.41) is 7.66. The molecule has 0 fully saturated rings. The van der Waals surface area contributed by atoms with Crippen molar-refractivity contribution in [2.24, 2.45) is 0 Å². The van der Waals surface area contributed by atoms with Crippen LogP contribution in [0.25, 0.3) is 54.6 Å². The normalized spacial score (nSPS) is 11.7. The molecule has 0 heterocycles. The van der Waals surface area contributed by atoms with E-state index in [2.05, 4.69) is 129 Å². The van der Waals surface area contributed by atoms with E-state index in [9.17, 15) is 0 Å². The Kier molecular flexibility index (Phi) is 4.19. The minimum atomic E-state index is 1.13. The lowest BCUT2D eigenvalue weighted by molar-refractivity contribution is 1.61. The molecule has 0 saturated carbocycles. The van der Waals surface area contributed by atoms with Gasteiger partial charge in [-0.05, 0) is 72.8 Å². The lowest BCUT2D eigenvalue weighted by Crippen LogP contribution is -1.93. The van der Waals surface area contributed by atoms with Gasteiger partial charge in [0.2, 0.25) is 0 Å². The SMILES string of the molecule is Brc1cc2cc(-c3ccccc3)c(-c3ccccc3)c3cc(Br)c4cccc1c4c23. The molecule has 30 heavy (non-hydrogen) atoms. The highest BCUT2D eigenvalue weighted by molar-refractivity contribution is 9.11. The van der Waals surface area contributed by atoms with E-state index in [-0.39, 0.29) is 0 Å². The highest BCUT2D eigenvalue weighted by atomic mass is 79.9. The Morgan fingerprint density at radius 3 is 1.73 bits per heavy atom. The van der Waals surface area contributed by atoms with Crippen molar-refractivity contribution < 1.29 is 0 Å². The molecule has 6 aromatic rings. The van der Waals surface area contributed by atoms with Crippen LogP contribution in [0.5, 0.6) is 0 Å². The molecule has 6 aromatic carbocycles. The van der Waals surface area contributed by atoms with E-state index in [1.54, 1.807) is 0 Å². The van der Waals surface area contributed by atoms with Crippen molar-refractivity contribution in [1.82, 2.24) is 0 Å². The second kappa shape index (κ2) is 6.94. The van der Waals surface area contributed by atoms with Gasteiger partial charge in [-0.25, -0.2) is 0 Å². The van der Waals surface area contributed by atoms with Gasteiger partial charge >= 0.3 is 0 Å². The van der Waals surface area contributed by atoms with Gasteiger partial charge in [0.25, 0.3) is 0 Å². The maximum Gasteiger partial charge on any atom is 0.0260 e. The number of hydrogen-bond donors (Lipinski definition) is 0. The van der Waals surface area contributed by atoms with Crippen LogP contribution < -0.4 is 0 Å². The fourth-order valence-electron chi connectivity index (χ4n) is 4.66. The van der Waals surface area contributed by atoms with E-state index in [0.717, 1.165) is 8.95 Å². The molecule has 0 radical (unpaired) electrons. The van der Waals surface area contributed by atoms with Crippen molar-refractivity contribution in [3.05, 3.63) is 106 Å². The van der Waals surface area contributed by atoms with Gasteiger partial charge in [-0.15, -0.1) is 0 Å². The lowest BCUT2D eigenvalue weighted by atomic mass is 9.85. The largest absolute Gasteiger partial charge is 0.0622 e. The second-order valence-corrected chi connectivity index (χ2v) is 9.33. The van der Waals surface area contributed by atoms with Gasteiger partial charge in [0.05, 0.1) is 0 Å². The molecule has 0 unspecified atom stereocenters. The summed E-state index contributed by atoms with van der Waals surface area (Å²) in [6.07, 6.45) is 0. The van der Waals surface area contributed by atoms with Gasteiger partial charge in [0.15, 0.2) is 0 Å². The predicted molar refractivity (Wildman–Crippen MR) is 136 cm³/mol. The van der Waals surface area contributed by atoms with Crippen LogP contribution >= 0.6 is 31.9 Å². The van der Waals surface area contributed by atoms with Crippen LogP contribution in [0.2, 0.25) is 0 Å². The van der Waals surface area contributed by atoms with E-state index in [4.69, 9.17) is 0 Å². The predicted octanol–water partition coefficient (Wildman–Crippen LogP) is 9.44. The second-order valence-electron chi connectivity index (χ2n) is 7.62. The fraction of sp³-hybridized carbons (Fsp3) is 0. The highest BCUT2D eigenvalue weighted by Gasteiger charge is 2.19. The van der Waals surface area contributed by atoms with Crippen LogP contribution in [0.15, 0.2) is 106 Å². The Labute approximate surface area is 191 Å². The topological polar surface area (TPSA) is 0 Å². The van der Waals surface area contributed by atoms with Crippen molar-refractivity contribution in [3.8, 4) is 22.3 Å². The molecular formula is C28H16Br2. The van der Waals surface area contributed by atoms with Gasteiger partial charge in [-0.1, -0.05) is 111 Å². The molecule has 6 rings (SSSR count). The van der Waals surface area contributed by atoms with Crippen molar-refractivity contribution >= 4 is 64.2 Å². The molecule has 0 aromatic heterocycles. The van der Waals surface area contributed by atoms with Gasteiger partial charge in [0, 0.05) is 8.95 Å². The average Bonchev–Trinajstić information content (AvgIpc) is 2.79. The molecule has 0 spiro atoms. The zero-order chi connectivity index (χ0) is 20.2. The Hall–Kier alpha value is -2.68. The zero-order valence-electron chi connectivity index (χ0n) is 16.0. The van der Waals surface area contributed by atoms with Crippen molar-refractivity contribution in [1.29, 1.82) is 0 Å². The Bertz CT molecular complexity index is 1520. The summed E-state index contributed by atoms with van der Waals surface area (Å²) in [7, 11) is 0. The maximum atomic E-state index is 3.87. The molecule has 0 aliphatic heterocycles. The van der Waals surface area contributed by atoms with Gasteiger partial charge in [-0.3, -0.25) is 0 Å². The summed E-state index contributed by atoms with van der Waals surface area (Å²) in [4.78, 5) is 0. The quantitative estimate of drug-likeness (QED) is 0.203. The van der Waals surface area contributed by atoms with Crippen LogP contribution in [0.1, 0.15) is 0 Å². The van der Waals surface area contributed by atoms with Crippen molar-refractivity contribution in [2.45, 2.75) is 0 Å². The molecule has 0 aliphatic carbocycles. The van der Waals surface area contributed by atoms with Crippen LogP contribution in [-0.2, 0) is 0 Å². The Morgan fingerprint density at radius 1 is 0.467 bits per heavy atom. The number of halogens is 2. The van der Waals surface area contributed by atoms with E-state index < -0.39 is 0 Å². The molecule has 0 N–H and O–H groups in total. The van der Waals surface area contributed by atoms with Gasteiger partial charge in [-0.2, -0.15) is 0 Å². The van der Waals surface area contributed by atoms with Crippen molar-refractivity contribution in [3.63, 3.8) is 0 Å². The standard InChI is InChI=1S/C28H16Br2/c29-24-15-19-14-22(17-8-3-1-4-9-17)26(18-10-5-2-6-11-18)23-16-25(30)21-13-7-12-20(24)28(21)27(19)23/h1-16H. The first-order valence-electron chi connectivity index (χ1n) is 9.93. The summed E-state index contributed by atoms with van der Waals surface area (Å²) in [6.45, 7) is 0. The minimum absolute atomic E-state index is 1.13. The molecule has 142 valence electrons. The number of rotatable bonds is 2. The van der Waals surface area contributed by atoms with Crippen LogP contribution in [0.4, 0.5) is 0 Å². The first-order chi connectivity index (χ1) is 14.7. The first-order valence-corrected chi connectivity index (χ1v) is 11.5.